The second-order valence-corrected chi connectivity index (χ2v) is 6.20. The quantitative estimate of drug-likeness (QED) is 0.675. The Morgan fingerprint density at radius 1 is 1.21 bits per heavy atom. The first kappa shape index (κ1) is 14.3. The van der Waals surface area contributed by atoms with Crippen LogP contribution in [0.25, 0.3) is 0 Å². The molecule has 0 heterocycles. The molecule has 2 fully saturated rings. The van der Waals surface area contributed by atoms with E-state index in [1.165, 1.54) is 0 Å². The average molecular weight is 268 g/mol. The highest BCUT2D eigenvalue weighted by Crippen LogP contribution is 2.38. The Balaban J connectivity index is 1.79. The molecule has 0 unspecified atom stereocenters. The lowest BCUT2D eigenvalue weighted by Gasteiger charge is -2.35. The summed E-state index contributed by atoms with van der Waals surface area (Å²) in [4.78, 5) is 23.2. The van der Waals surface area contributed by atoms with E-state index in [-0.39, 0.29) is 12.5 Å². The SMILES string of the molecule is CC1CCC(CNC(=O)CNC2CC2)(C(=O)O)CC1. The van der Waals surface area contributed by atoms with E-state index in [1.807, 2.05) is 0 Å². The molecule has 0 spiro atoms. The molecule has 0 aromatic carbocycles. The van der Waals surface area contributed by atoms with E-state index in [1.54, 1.807) is 0 Å². The maximum atomic E-state index is 11.7. The van der Waals surface area contributed by atoms with Gasteiger partial charge in [0.1, 0.15) is 0 Å². The molecule has 0 bridgehead atoms. The predicted molar refractivity (Wildman–Crippen MR) is 71.7 cm³/mol. The molecule has 0 aromatic rings. The van der Waals surface area contributed by atoms with Crippen LogP contribution in [0.4, 0.5) is 0 Å². The maximum Gasteiger partial charge on any atom is 0.311 e. The molecular weight excluding hydrogens is 244 g/mol. The standard InChI is InChI=1S/C14H24N2O3/c1-10-4-6-14(7-5-10,13(18)19)9-16-12(17)8-15-11-2-3-11/h10-11,15H,2-9H2,1H3,(H,16,17)(H,18,19). The molecule has 0 aromatic heterocycles. The highest BCUT2D eigenvalue weighted by Gasteiger charge is 2.41. The molecule has 5 nitrogen and oxygen atoms in total. The summed E-state index contributed by atoms with van der Waals surface area (Å²) in [5.74, 6) is -0.263. The lowest BCUT2D eigenvalue weighted by atomic mass is 9.71. The topological polar surface area (TPSA) is 78.4 Å². The highest BCUT2D eigenvalue weighted by molar-refractivity contribution is 5.80. The molecule has 0 saturated heterocycles. The van der Waals surface area contributed by atoms with E-state index in [2.05, 4.69) is 17.6 Å². The van der Waals surface area contributed by atoms with Crippen molar-refractivity contribution in [3.8, 4) is 0 Å². The first-order chi connectivity index (χ1) is 9.02. The van der Waals surface area contributed by atoms with Crippen molar-refractivity contribution in [1.82, 2.24) is 10.6 Å². The van der Waals surface area contributed by atoms with Crippen LogP contribution in [0, 0.1) is 11.3 Å². The molecule has 108 valence electrons. The summed E-state index contributed by atoms with van der Waals surface area (Å²) in [5.41, 5.74) is -0.748. The zero-order valence-corrected chi connectivity index (χ0v) is 11.6. The van der Waals surface area contributed by atoms with E-state index in [9.17, 15) is 14.7 Å². The molecule has 0 atom stereocenters. The summed E-state index contributed by atoms with van der Waals surface area (Å²) >= 11 is 0. The van der Waals surface area contributed by atoms with Gasteiger partial charge >= 0.3 is 5.97 Å². The summed E-state index contributed by atoms with van der Waals surface area (Å²) in [7, 11) is 0. The van der Waals surface area contributed by atoms with Gasteiger partial charge in [0.15, 0.2) is 0 Å². The van der Waals surface area contributed by atoms with Crippen LogP contribution in [-0.4, -0.2) is 36.1 Å². The van der Waals surface area contributed by atoms with Gasteiger partial charge in [0.25, 0.3) is 0 Å². The van der Waals surface area contributed by atoms with Gasteiger partial charge in [-0.05, 0) is 44.4 Å². The van der Waals surface area contributed by atoms with E-state index in [0.717, 1.165) is 25.7 Å². The lowest BCUT2D eigenvalue weighted by molar-refractivity contribution is -0.151. The summed E-state index contributed by atoms with van der Waals surface area (Å²) in [6.45, 7) is 2.72. The van der Waals surface area contributed by atoms with Gasteiger partial charge in [0, 0.05) is 12.6 Å². The van der Waals surface area contributed by atoms with E-state index in [0.29, 0.717) is 31.3 Å². The van der Waals surface area contributed by atoms with Crippen molar-refractivity contribution in [1.29, 1.82) is 0 Å². The normalized spacial score (nSPS) is 30.9. The monoisotopic (exact) mass is 268 g/mol. The number of aliphatic carboxylic acids is 1. The minimum absolute atomic E-state index is 0.0915. The number of hydrogen-bond acceptors (Lipinski definition) is 3. The van der Waals surface area contributed by atoms with Gasteiger partial charge in [0.2, 0.25) is 5.91 Å². The first-order valence-electron chi connectivity index (χ1n) is 7.25. The fourth-order valence-corrected chi connectivity index (χ4v) is 2.64. The van der Waals surface area contributed by atoms with Gasteiger partial charge in [-0.15, -0.1) is 0 Å². The molecular formula is C14H24N2O3. The number of rotatable bonds is 6. The third-order valence-corrected chi connectivity index (χ3v) is 4.44. The number of carbonyl (C=O) groups excluding carboxylic acids is 1. The Bertz CT molecular complexity index is 345. The number of hydrogen-bond donors (Lipinski definition) is 3. The lowest BCUT2D eigenvalue weighted by Crippen LogP contribution is -2.47. The fourth-order valence-electron chi connectivity index (χ4n) is 2.64. The zero-order chi connectivity index (χ0) is 13.9. The van der Waals surface area contributed by atoms with Crippen molar-refractivity contribution >= 4 is 11.9 Å². The first-order valence-corrected chi connectivity index (χ1v) is 7.25. The molecule has 2 aliphatic rings. The van der Waals surface area contributed by atoms with E-state index in [4.69, 9.17) is 0 Å². The van der Waals surface area contributed by atoms with Gasteiger partial charge in [-0.1, -0.05) is 6.92 Å². The molecule has 2 aliphatic carbocycles. The molecule has 2 rings (SSSR count). The van der Waals surface area contributed by atoms with Crippen molar-refractivity contribution in [2.75, 3.05) is 13.1 Å². The van der Waals surface area contributed by atoms with Gasteiger partial charge in [-0.25, -0.2) is 0 Å². The van der Waals surface area contributed by atoms with Crippen LogP contribution in [0.1, 0.15) is 45.4 Å². The van der Waals surface area contributed by atoms with E-state index >= 15 is 0 Å². The number of amides is 1. The summed E-state index contributed by atoms with van der Waals surface area (Å²) in [5, 5.41) is 15.4. The summed E-state index contributed by atoms with van der Waals surface area (Å²) in [6, 6.07) is 0.495. The third-order valence-electron chi connectivity index (χ3n) is 4.44. The molecule has 1 amide bonds. The molecule has 0 aliphatic heterocycles. The summed E-state index contributed by atoms with van der Waals surface area (Å²) in [6.07, 6.45) is 5.49. The van der Waals surface area contributed by atoms with Gasteiger partial charge in [-0.3, -0.25) is 9.59 Å². The van der Waals surface area contributed by atoms with Gasteiger partial charge in [-0.2, -0.15) is 0 Å². The Kier molecular flexibility index (Phi) is 4.45. The number of carboxylic acids is 1. The van der Waals surface area contributed by atoms with Crippen LogP contribution in [0.3, 0.4) is 0 Å². The van der Waals surface area contributed by atoms with Gasteiger partial charge in [0.05, 0.1) is 12.0 Å². The van der Waals surface area contributed by atoms with Crippen molar-refractivity contribution in [3.05, 3.63) is 0 Å². The van der Waals surface area contributed by atoms with Crippen LogP contribution in [-0.2, 0) is 9.59 Å². The molecule has 19 heavy (non-hydrogen) atoms. The van der Waals surface area contributed by atoms with Crippen molar-refractivity contribution in [2.45, 2.75) is 51.5 Å². The summed E-state index contributed by atoms with van der Waals surface area (Å²) < 4.78 is 0. The van der Waals surface area contributed by atoms with Crippen LogP contribution in [0.2, 0.25) is 0 Å². The minimum atomic E-state index is -0.769. The van der Waals surface area contributed by atoms with Crippen molar-refractivity contribution < 1.29 is 14.7 Å². The molecule has 2 saturated carbocycles. The van der Waals surface area contributed by atoms with Crippen LogP contribution in [0.15, 0.2) is 0 Å². The Morgan fingerprint density at radius 2 is 1.84 bits per heavy atom. The molecule has 0 radical (unpaired) electrons. The Labute approximate surface area is 114 Å². The van der Waals surface area contributed by atoms with Crippen LogP contribution in [0.5, 0.6) is 0 Å². The van der Waals surface area contributed by atoms with Crippen molar-refractivity contribution in [3.63, 3.8) is 0 Å². The van der Waals surface area contributed by atoms with Crippen molar-refractivity contribution in [2.24, 2.45) is 11.3 Å². The fraction of sp³-hybridized carbons (Fsp3) is 0.857. The average Bonchev–Trinajstić information content (AvgIpc) is 3.20. The van der Waals surface area contributed by atoms with E-state index < -0.39 is 11.4 Å². The number of nitrogens with one attached hydrogen (secondary N) is 2. The Hall–Kier alpha value is -1.10. The molecule has 3 N–H and O–H groups in total. The zero-order valence-electron chi connectivity index (χ0n) is 11.6. The Morgan fingerprint density at radius 3 is 2.37 bits per heavy atom. The second-order valence-electron chi connectivity index (χ2n) is 6.20. The second kappa shape index (κ2) is 5.90. The maximum absolute atomic E-state index is 11.7. The van der Waals surface area contributed by atoms with Gasteiger partial charge < -0.3 is 15.7 Å². The van der Waals surface area contributed by atoms with Crippen LogP contribution < -0.4 is 10.6 Å². The smallest absolute Gasteiger partial charge is 0.311 e. The van der Waals surface area contributed by atoms with Crippen LogP contribution >= 0.6 is 0 Å². The third kappa shape index (κ3) is 3.93. The largest absolute Gasteiger partial charge is 0.481 e. The number of carboxylic acid groups (broad SMARTS) is 1. The minimum Gasteiger partial charge on any atom is -0.481 e. The number of carbonyl (C=O) groups is 2. The highest BCUT2D eigenvalue weighted by atomic mass is 16.4. The molecule has 5 heteroatoms. The predicted octanol–water partition coefficient (Wildman–Crippen LogP) is 1.14.